The zero-order valence-corrected chi connectivity index (χ0v) is 21.5. The molecule has 1 amide bonds. The maximum absolute atomic E-state index is 12.4. The van der Waals surface area contributed by atoms with Gasteiger partial charge in [0.25, 0.3) is 5.91 Å². The predicted molar refractivity (Wildman–Crippen MR) is 141 cm³/mol. The Kier molecular flexibility index (Phi) is 9.47. The lowest BCUT2D eigenvalue weighted by Crippen LogP contribution is -2.25. The highest BCUT2D eigenvalue weighted by Gasteiger charge is 2.14. The smallest absolute Gasteiger partial charge is 0.343 e. The summed E-state index contributed by atoms with van der Waals surface area (Å²) in [5, 5.41) is 4.52. The third kappa shape index (κ3) is 7.58. The number of ether oxygens (including phenoxy) is 3. The molecule has 7 nitrogen and oxygen atoms in total. The molecule has 0 aromatic heterocycles. The normalized spacial score (nSPS) is 10.9. The van der Waals surface area contributed by atoms with Crippen LogP contribution in [-0.2, 0) is 4.79 Å². The number of carbonyl (C=O) groups excluding carboxylic acids is 2. The molecular weight excluding hydrogens is 480 g/mol. The maximum atomic E-state index is 12.4. The Balaban J connectivity index is 1.61. The number of amides is 1. The summed E-state index contributed by atoms with van der Waals surface area (Å²) < 4.78 is 16.8. The van der Waals surface area contributed by atoms with Gasteiger partial charge in [-0.25, -0.2) is 10.2 Å². The van der Waals surface area contributed by atoms with E-state index in [9.17, 15) is 9.59 Å². The number of nitrogens with one attached hydrogen (secondary N) is 1. The van der Waals surface area contributed by atoms with E-state index in [1.165, 1.54) is 6.21 Å². The van der Waals surface area contributed by atoms with Gasteiger partial charge in [-0.05, 0) is 85.0 Å². The molecule has 0 unspecified atom stereocenters. The van der Waals surface area contributed by atoms with Crippen molar-refractivity contribution in [2.24, 2.45) is 5.10 Å². The molecule has 3 aromatic carbocycles. The van der Waals surface area contributed by atoms with Crippen LogP contribution in [0, 0.1) is 6.92 Å². The Morgan fingerprint density at radius 1 is 0.972 bits per heavy atom. The lowest BCUT2D eigenvalue weighted by atomic mass is 10.0. The monoisotopic (exact) mass is 508 g/mol. The molecule has 3 rings (SSSR count). The second kappa shape index (κ2) is 12.7. The van der Waals surface area contributed by atoms with Crippen LogP contribution in [-0.4, -0.2) is 31.3 Å². The van der Waals surface area contributed by atoms with E-state index >= 15 is 0 Å². The summed E-state index contributed by atoms with van der Waals surface area (Å²) in [5.74, 6) is 0.685. The van der Waals surface area contributed by atoms with Gasteiger partial charge in [-0.3, -0.25) is 4.79 Å². The second-order valence-electron chi connectivity index (χ2n) is 8.31. The topological polar surface area (TPSA) is 86.2 Å². The first-order valence-electron chi connectivity index (χ1n) is 11.6. The van der Waals surface area contributed by atoms with Crippen LogP contribution < -0.4 is 19.6 Å². The van der Waals surface area contributed by atoms with Crippen LogP contribution in [0.4, 0.5) is 0 Å². The van der Waals surface area contributed by atoms with E-state index in [0.717, 1.165) is 11.1 Å². The fraction of sp³-hybridized carbons (Fsp3) is 0.250. The highest BCUT2D eigenvalue weighted by Crippen LogP contribution is 2.29. The van der Waals surface area contributed by atoms with Crippen molar-refractivity contribution in [2.75, 3.05) is 13.2 Å². The van der Waals surface area contributed by atoms with Gasteiger partial charge in [0.2, 0.25) is 0 Å². The van der Waals surface area contributed by atoms with Crippen molar-refractivity contribution in [1.29, 1.82) is 0 Å². The Morgan fingerprint density at radius 2 is 1.72 bits per heavy atom. The Morgan fingerprint density at radius 3 is 2.42 bits per heavy atom. The van der Waals surface area contributed by atoms with E-state index in [1.807, 2.05) is 32.0 Å². The number of hydrogen-bond acceptors (Lipinski definition) is 6. The Bertz CT molecular complexity index is 1240. The molecule has 188 valence electrons. The minimum absolute atomic E-state index is 0.162. The van der Waals surface area contributed by atoms with E-state index in [2.05, 4.69) is 24.4 Å². The molecule has 36 heavy (non-hydrogen) atoms. The van der Waals surface area contributed by atoms with Gasteiger partial charge in [0.15, 0.2) is 18.1 Å². The first-order chi connectivity index (χ1) is 17.3. The number of hydrazone groups is 1. The molecule has 0 aliphatic heterocycles. The van der Waals surface area contributed by atoms with Crippen molar-refractivity contribution in [3.63, 3.8) is 0 Å². The van der Waals surface area contributed by atoms with Crippen LogP contribution in [0.3, 0.4) is 0 Å². The third-order valence-corrected chi connectivity index (χ3v) is 5.35. The molecule has 0 bridgehead atoms. The van der Waals surface area contributed by atoms with Crippen LogP contribution in [0.15, 0.2) is 65.8 Å². The molecule has 0 aliphatic rings. The van der Waals surface area contributed by atoms with Gasteiger partial charge in [-0.2, -0.15) is 5.10 Å². The van der Waals surface area contributed by atoms with E-state index in [0.29, 0.717) is 34.3 Å². The zero-order chi connectivity index (χ0) is 26.1. The Hall–Kier alpha value is -3.84. The van der Waals surface area contributed by atoms with Crippen molar-refractivity contribution in [2.45, 2.75) is 33.6 Å². The summed E-state index contributed by atoms with van der Waals surface area (Å²) in [6, 6.07) is 17.3. The minimum Gasteiger partial charge on any atom is -0.490 e. The standard InChI is InChI=1S/C28H29ClN2O5/c1-5-34-26-15-20(7-13-24(26)36-28(33)21-8-10-22(29)11-9-21)16-30-31-27(32)17-35-25-14-19(4)6-12-23(25)18(2)3/h6-16,18H,5,17H2,1-4H3,(H,31,32)/b30-16+. The molecular formula is C28H29ClN2O5. The summed E-state index contributed by atoms with van der Waals surface area (Å²) in [6.45, 7) is 8.15. The number of benzene rings is 3. The second-order valence-corrected chi connectivity index (χ2v) is 8.75. The van der Waals surface area contributed by atoms with E-state index in [4.69, 9.17) is 25.8 Å². The fourth-order valence-electron chi connectivity index (χ4n) is 3.30. The van der Waals surface area contributed by atoms with E-state index in [-0.39, 0.29) is 24.2 Å². The predicted octanol–water partition coefficient (Wildman–Crippen LogP) is 5.92. The third-order valence-electron chi connectivity index (χ3n) is 5.10. The van der Waals surface area contributed by atoms with Crippen LogP contribution in [0.5, 0.6) is 17.2 Å². The van der Waals surface area contributed by atoms with Gasteiger partial charge < -0.3 is 14.2 Å². The number of halogens is 1. The molecule has 3 aromatic rings. The van der Waals surface area contributed by atoms with Crippen molar-refractivity contribution in [1.82, 2.24) is 5.43 Å². The van der Waals surface area contributed by atoms with Crippen molar-refractivity contribution in [3.05, 3.63) is 87.9 Å². The maximum Gasteiger partial charge on any atom is 0.343 e. The summed E-state index contributed by atoms with van der Waals surface area (Å²) in [4.78, 5) is 24.7. The summed E-state index contributed by atoms with van der Waals surface area (Å²) in [5.41, 5.74) is 5.56. The van der Waals surface area contributed by atoms with Gasteiger partial charge >= 0.3 is 5.97 Å². The SMILES string of the molecule is CCOc1cc(/C=N/NC(=O)COc2cc(C)ccc2C(C)C)ccc1OC(=O)c1ccc(Cl)cc1. The first kappa shape index (κ1) is 26.8. The van der Waals surface area contributed by atoms with Crippen LogP contribution in [0.1, 0.15) is 53.7 Å². The largest absolute Gasteiger partial charge is 0.490 e. The van der Waals surface area contributed by atoms with Gasteiger partial charge in [0, 0.05) is 5.02 Å². The molecule has 0 saturated carbocycles. The average Bonchev–Trinajstić information content (AvgIpc) is 2.84. The molecule has 0 atom stereocenters. The first-order valence-corrected chi connectivity index (χ1v) is 11.9. The van der Waals surface area contributed by atoms with Gasteiger partial charge in [-0.15, -0.1) is 0 Å². The molecule has 1 N–H and O–H groups in total. The molecule has 0 saturated heterocycles. The quantitative estimate of drug-likeness (QED) is 0.159. The number of esters is 1. The zero-order valence-electron chi connectivity index (χ0n) is 20.7. The minimum atomic E-state index is -0.532. The van der Waals surface area contributed by atoms with E-state index in [1.54, 1.807) is 42.5 Å². The molecule has 8 heteroatoms. The molecule has 0 spiro atoms. The van der Waals surface area contributed by atoms with Crippen LogP contribution in [0.25, 0.3) is 0 Å². The number of aryl methyl sites for hydroxylation is 1. The van der Waals surface area contributed by atoms with E-state index < -0.39 is 5.97 Å². The van der Waals surface area contributed by atoms with Crippen LogP contribution in [0.2, 0.25) is 5.02 Å². The lowest BCUT2D eigenvalue weighted by Gasteiger charge is -2.14. The Labute approximate surface area is 216 Å². The summed E-state index contributed by atoms with van der Waals surface area (Å²) >= 11 is 5.87. The molecule has 0 fully saturated rings. The fourth-order valence-corrected chi connectivity index (χ4v) is 3.43. The van der Waals surface area contributed by atoms with Crippen molar-refractivity contribution in [3.8, 4) is 17.2 Å². The lowest BCUT2D eigenvalue weighted by molar-refractivity contribution is -0.123. The van der Waals surface area contributed by atoms with Gasteiger partial charge in [-0.1, -0.05) is 37.6 Å². The van der Waals surface area contributed by atoms with Crippen molar-refractivity contribution >= 4 is 29.7 Å². The average molecular weight is 509 g/mol. The summed E-state index contributed by atoms with van der Waals surface area (Å²) in [7, 11) is 0. The molecule has 0 heterocycles. The van der Waals surface area contributed by atoms with Crippen LogP contribution >= 0.6 is 11.6 Å². The van der Waals surface area contributed by atoms with Crippen molar-refractivity contribution < 1.29 is 23.8 Å². The number of nitrogens with zero attached hydrogens (tertiary/aromatic N) is 1. The van der Waals surface area contributed by atoms with Gasteiger partial charge in [0.1, 0.15) is 5.75 Å². The number of carbonyl (C=O) groups is 2. The number of hydrogen-bond donors (Lipinski definition) is 1. The molecule has 0 aliphatic carbocycles. The molecule has 0 radical (unpaired) electrons. The highest BCUT2D eigenvalue weighted by molar-refractivity contribution is 6.30. The van der Waals surface area contributed by atoms with Gasteiger partial charge in [0.05, 0.1) is 18.4 Å². The number of rotatable bonds is 10. The highest BCUT2D eigenvalue weighted by atomic mass is 35.5. The summed E-state index contributed by atoms with van der Waals surface area (Å²) in [6.07, 6.45) is 1.47.